The zero-order valence-electron chi connectivity index (χ0n) is 11.6. The molecule has 0 saturated carbocycles. The monoisotopic (exact) mass is 237 g/mol. The molecule has 1 aliphatic rings. The lowest BCUT2D eigenvalue weighted by molar-refractivity contribution is 0.130. The van der Waals surface area contributed by atoms with E-state index in [2.05, 4.69) is 23.2 Å². The summed E-state index contributed by atoms with van der Waals surface area (Å²) in [6, 6.07) is 3.13. The summed E-state index contributed by atoms with van der Waals surface area (Å²) >= 11 is 0. The fourth-order valence-electron chi connectivity index (χ4n) is 2.62. The summed E-state index contributed by atoms with van der Waals surface area (Å²) in [6.45, 7) is 6.52. The number of nitriles is 1. The van der Waals surface area contributed by atoms with Crippen LogP contribution in [0.5, 0.6) is 0 Å². The van der Waals surface area contributed by atoms with Crippen LogP contribution >= 0.6 is 0 Å². The molecular formula is C14H27N3. The van der Waals surface area contributed by atoms with Gasteiger partial charge in [-0.15, -0.1) is 0 Å². The first-order valence-corrected chi connectivity index (χ1v) is 6.99. The van der Waals surface area contributed by atoms with Gasteiger partial charge in [0.25, 0.3) is 0 Å². The van der Waals surface area contributed by atoms with E-state index in [0.29, 0.717) is 0 Å². The highest BCUT2D eigenvalue weighted by atomic mass is 15.2. The van der Waals surface area contributed by atoms with Crippen molar-refractivity contribution in [2.75, 3.05) is 20.1 Å². The van der Waals surface area contributed by atoms with Gasteiger partial charge >= 0.3 is 0 Å². The maximum absolute atomic E-state index is 9.15. The Morgan fingerprint density at radius 1 is 1.47 bits per heavy atom. The molecule has 0 aromatic heterocycles. The topological polar surface area (TPSA) is 39.1 Å². The largest absolute Gasteiger partial charge is 0.303 e. The van der Waals surface area contributed by atoms with Crippen LogP contribution in [0.4, 0.5) is 0 Å². The van der Waals surface area contributed by atoms with E-state index in [1.165, 1.54) is 38.6 Å². The molecule has 1 heterocycles. The highest BCUT2D eigenvalue weighted by Crippen LogP contribution is 2.22. The van der Waals surface area contributed by atoms with Crippen molar-refractivity contribution in [2.45, 2.75) is 64.0 Å². The molecule has 2 unspecified atom stereocenters. The molecule has 0 aliphatic carbocycles. The van der Waals surface area contributed by atoms with Gasteiger partial charge in [0.1, 0.15) is 5.54 Å². The molecule has 1 N–H and O–H groups in total. The van der Waals surface area contributed by atoms with E-state index in [0.717, 1.165) is 19.0 Å². The Morgan fingerprint density at radius 2 is 2.24 bits per heavy atom. The van der Waals surface area contributed by atoms with E-state index in [1.54, 1.807) is 0 Å². The van der Waals surface area contributed by atoms with Crippen LogP contribution < -0.4 is 5.32 Å². The first kappa shape index (κ1) is 14.5. The highest BCUT2D eigenvalue weighted by Gasteiger charge is 2.26. The normalized spacial score (nSPS) is 25.2. The fraction of sp³-hybridized carbons (Fsp3) is 0.929. The Hall–Kier alpha value is -0.590. The second-order valence-corrected chi connectivity index (χ2v) is 5.42. The van der Waals surface area contributed by atoms with E-state index >= 15 is 0 Å². The van der Waals surface area contributed by atoms with Gasteiger partial charge in [0, 0.05) is 12.6 Å². The molecule has 98 valence electrons. The number of hydrogen-bond donors (Lipinski definition) is 1. The molecule has 3 heteroatoms. The van der Waals surface area contributed by atoms with Crippen molar-refractivity contribution in [1.29, 1.82) is 5.26 Å². The van der Waals surface area contributed by atoms with Crippen LogP contribution in [-0.4, -0.2) is 36.6 Å². The predicted octanol–water partition coefficient (Wildman–Crippen LogP) is 2.53. The third-order valence-corrected chi connectivity index (χ3v) is 4.07. The van der Waals surface area contributed by atoms with Crippen LogP contribution in [0.1, 0.15) is 52.4 Å². The predicted molar refractivity (Wildman–Crippen MR) is 71.8 cm³/mol. The molecule has 1 aliphatic heterocycles. The van der Waals surface area contributed by atoms with Crippen LogP contribution in [-0.2, 0) is 0 Å². The lowest BCUT2D eigenvalue weighted by atomic mass is 9.95. The summed E-state index contributed by atoms with van der Waals surface area (Å²) in [5.41, 5.74) is -0.367. The molecule has 17 heavy (non-hydrogen) atoms. The highest BCUT2D eigenvalue weighted by molar-refractivity contribution is 5.03. The van der Waals surface area contributed by atoms with Crippen LogP contribution in [0.3, 0.4) is 0 Å². The lowest BCUT2D eigenvalue weighted by Crippen LogP contribution is -2.45. The second-order valence-electron chi connectivity index (χ2n) is 5.42. The number of piperidine rings is 1. The SMILES string of the molecule is CCCC1CCCCN1CCC(C)(C#N)NC. The van der Waals surface area contributed by atoms with Crippen LogP contribution in [0.25, 0.3) is 0 Å². The van der Waals surface area contributed by atoms with Gasteiger partial charge < -0.3 is 10.2 Å². The Bertz CT molecular complexity index is 257. The van der Waals surface area contributed by atoms with Gasteiger partial charge in [-0.2, -0.15) is 5.26 Å². The first-order chi connectivity index (χ1) is 8.15. The van der Waals surface area contributed by atoms with Crippen molar-refractivity contribution >= 4 is 0 Å². The molecule has 1 saturated heterocycles. The van der Waals surface area contributed by atoms with E-state index in [1.807, 2.05) is 14.0 Å². The van der Waals surface area contributed by atoms with Gasteiger partial charge in [-0.1, -0.05) is 19.8 Å². The standard InChI is InChI=1S/C14H27N3/c1-4-7-13-8-5-6-10-17(13)11-9-14(2,12-15)16-3/h13,16H,4-11H2,1-3H3. The van der Waals surface area contributed by atoms with Crippen molar-refractivity contribution in [3.8, 4) is 6.07 Å². The molecule has 1 fully saturated rings. The first-order valence-electron chi connectivity index (χ1n) is 6.99. The molecule has 0 aromatic carbocycles. The fourth-order valence-corrected chi connectivity index (χ4v) is 2.62. The van der Waals surface area contributed by atoms with Crippen molar-refractivity contribution in [2.24, 2.45) is 0 Å². The number of nitrogens with zero attached hydrogens (tertiary/aromatic N) is 2. The van der Waals surface area contributed by atoms with Gasteiger partial charge in [0.15, 0.2) is 0 Å². The third kappa shape index (κ3) is 4.29. The molecule has 0 radical (unpaired) electrons. The average Bonchev–Trinajstić information content (AvgIpc) is 2.38. The van der Waals surface area contributed by atoms with Crippen LogP contribution in [0.2, 0.25) is 0 Å². The van der Waals surface area contributed by atoms with E-state index in [4.69, 9.17) is 5.26 Å². The molecule has 3 nitrogen and oxygen atoms in total. The van der Waals surface area contributed by atoms with Gasteiger partial charge in [-0.3, -0.25) is 0 Å². The molecule has 2 atom stereocenters. The summed E-state index contributed by atoms with van der Waals surface area (Å²) in [6.07, 6.45) is 7.54. The minimum atomic E-state index is -0.367. The molecule has 1 rings (SSSR count). The maximum atomic E-state index is 9.15. The molecule has 0 aromatic rings. The maximum Gasteiger partial charge on any atom is 0.104 e. The minimum absolute atomic E-state index is 0.367. The Morgan fingerprint density at radius 3 is 2.82 bits per heavy atom. The number of rotatable bonds is 6. The zero-order valence-corrected chi connectivity index (χ0v) is 11.6. The van der Waals surface area contributed by atoms with E-state index in [9.17, 15) is 0 Å². The third-order valence-electron chi connectivity index (χ3n) is 4.07. The van der Waals surface area contributed by atoms with E-state index < -0.39 is 0 Å². The summed E-state index contributed by atoms with van der Waals surface area (Å²) in [4.78, 5) is 2.60. The summed E-state index contributed by atoms with van der Waals surface area (Å²) in [5, 5.41) is 12.3. The lowest BCUT2D eigenvalue weighted by Gasteiger charge is -2.37. The van der Waals surface area contributed by atoms with Crippen molar-refractivity contribution in [3.05, 3.63) is 0 Å². The average molecular weight is 237 g/mol. The second kappa shape index (κ2) is 6.98. The molecule has 0 bridgehead atoms. The van der Waals surface area contributed by atoms with Crippen LogP contribution in [0.15, 0.2) is 0 Å². The Balaban J connectivity index is 2.45. The number of likely N-dealkylation sites (tertiary alicyclic amines) is 1. The van der Waals surface area contributed by atoms with E-state index in [-0.39, 0.29) is 5.54 Å². The Labute approximate surface area is 106 Å². The summed E-state index contributed by atoms with van der Waals surface area (Å²) in [5.74, 6) is 0. The quantitative estimate of drug-likeness (QED) is 0.771. The van der Waals surface area contributed by atoms with Gasteiger partial charge in [0.2, 0.25) is 0 Å². The van der Waals surface area contributed by atoms with Crippen molar-refractivity contribution < 1.29 is 0 Å². The minimum Gasteiger partial charge on any atom is -0.303 e. The number of hydrogen-bond acceptors (Lipinski definition) is 3. The van der Waals surface area contributed by atoms with Crippen molar-refractivity contribution in [1.82, 2.24) is 10.2 Å². The molecule has 0 spiro atoms. The smallest absolute Gasteiger partial charge is 0.104 e. The molecular weight excluding hydrogens is 210 g/mol. The Kier molecular flexibility index (Phi) is 5.94. The van der Waals surface area contributed by atoms with Gasteiger partial charge in [0.05, 0.1) is 6.07 Å². The summed E-state index contributed by atoms with van der Waals surface area (Å²) in [7, 11) is 1.88. The number of nitrogens with one attached hydrogen (secondary N) is 1. The van der Waals surface area contributed by atoms with Crippen LogP contribution in [0, 0.1) is 11.3 Å². The van der Waals surface area contributed by atoms with Crippen molar-refractivity contribution in [3.63, 3.8) is 0 Å². The van der Waals surface area contributed by atoms with Gasteiger partial charge in [-0.05, 0) is 46.2 Å². The van der Waals surface area contributed by atoms with Gasteiger partial charge in [-0.25, -0.2) is 0 Å². The zero-order chi connectivity index (χ0) is 12.7. The summed E-state index contributed by atoms with van der Waals surface area (Å²) < 4.78 is 0. The molecule has 0 amide bonds.